The zero-order valence-corrected chi connectivity index (χ0v) is 10.3. The Balaban J connectivity index is 2.47. The summed E-state index contributed by atoms with van der Waals surface area (Å²) in [5.41, 5.74) is 0.318. The summed E-state index contributed by atoms with van der Waals surface area (Å²) >= 11 is 0. The summed E-state index contributed by atoms with van der Waals surface area (Å²) in [7, 11) is 1.68. The molecule has 1 amide bonds. The van der Waals surface area contributed by atoms with Crippen molar-refractivity contribution in [3.63, 3.8) is 0 Å². The predicted molar refractivity (Wildman–Crippen MR) is 72.8 cm³/mol. The second-order valence-corrected chi connectivity index (χ2v) is 4.19. The Hall–Kier alpha value is -2.29. The lowest BCUT2D eigenvalue weighted by atomic mass is 10.1. The van der Waals surface area contributed by atoms with E-state index in [-0.39, 0.29) is 11.7 Å². The van der Waals surface area contributed by atoms with Crippen LogP contribution in [0, 0.1) is 0 Å². The highest BCUT2D eigenvalue weighted by Gasteiger charge is 2.15. The Bertz CT molecular complexity index is 604. The van der Waals surface area contributed by atoms with Crippen molar-refractivity contribution in [3.05, 3.63) is 54.6 Å². The molecule has 0 unspecified atom stereocenters. The number of fused-ring (bicyclic) bond motifs is 1. The van der Waals surface area contributed by atoms with Crippen LogP contribution in [0.4, 0.5) is 0 Å². The number of hydrogen-bond donors (Lipinski definition) is 1. The maximum atomic E-state index is 12.1. The van der Waals surface area contributed by atoms with Crippen molar-refractivity contribution in [2.75, 3.05) is 13.6 Å². The third-order valence-corrected chi connectivity index (χ3v) is 2.84. The number of aromatic hydroxyl groups is 1. The lowest BCUT2D eigenvalue weighted by Gasteiger charge is -2.16. The lowest BCUT2D eigenvalue weighted by Crippen LogP contribution is -2.26. The molecule has 0 bridgehead atoms. The second kappa shape index (κ2) is 4.92. The fraction of sp³-hybridized carbons (Fsp3) is 0.133. The van der Waals surface area contributed by atoms with Gasteiger partial charge in [-0.1, -0.05) is 30.3 Å². The molecule has 92 valence electrons. The molecule has 3 nitrogen and oxygen atoms in total. The predicted octanol–water partition coefficient (Wildman–Crippen LogP) is 2.80. The average Bonchev–Trinajstić information content (AvgIpc) is 2.37. The van der Waals surface area contributed by atoms with Gasteiger partial charge in [0.25, 0.3) is 5.91 Å². The molecule has 18 heavy (non-hydrogen) atoms. The Labute approximate surface area is 106 Å². The summed E-state index contributed by atoms with van der Waals surface area (Å²) in [4.78, 5) is 13.6. The van der Waals surface area contributed by atoms with Crippen LogP contribution in [0.2, 0.25) is 0 Å². The molecule has 0 aromatic heterocycles. The van der Waals surface area contributed by atoms with E-state index < -0.39 is 0 Å². The van der Waals surface area contributed by atoms with Crippen molar-refractivity contribution >= 4 is 16.7 Å². The van der Waals surface area contributed by atoms with E-state index in [0.29, 0.717) is 12.1 Å². The van der Waals surface area contributed by atoms with Crippen molar-refractivity contribution in [1.29, 1.82) is 0 Å². The zero-order chi connectivity index (χ0) is 13.1. The standard InChI is InChI=1S/C15H15NO2/c1-3-8-16(2)15(18)13-9-11-6-4-5-7-12(11)10-14(13)17/h3-7,9-10,17H,1,8H2,2H3. The van der Waals surface area contributed by atoms with E-state index in [0.717, 1.165) is 10.8 Å². The number of carbonyl (C=O) groups is 1. The van der Waals surface area contributed by atoms with Gasteiger partial charge in [-0.2, -0.15) is 0 Å². The summed E-state index contributed by atoms with van der Waals surface area (Å²) in [6.45, 7) is 4.04. The Morgan fingerprint density at radius 3 is 2.56 bits per heavy atom. The Kier molecular flexibility index (Phi) is 3.33. The van der Waals surface area contributed by atoms with Gasteiger partial charge in [0.05, 0.1) is 5.56 Å². The molecule has 0 aliphatic carbocycles. The summed E-state index contributed by atoms with van der Waals surface area (Å²) < 4.78 is 0. The minimum Gasteiger partial charge on any atom is -0.507 e. The molecule has 0 atom stereocenters. The van der Waals surface area contributed by atoms with E-state index in [2.05, 4.69) is 6.58 Å². The molecule has 3 heteroatoms. The van der Waals surface area contributed by atoms with Crippen LogP contribution in [0.5, 0.6) is 5.75 Å². The number of hydrogen-bond acceptors (Lipinski definition) is 2. The van der Waals surface area contributed by atoms with Crippen LogP contribution < -0.4 is 0 Å². The quantitative estimate of drug-likeness (QED) is 0.839. The third-order valence-electron chi connectivity index (χ3n) is 2.84. The van der Waals surface area contributed by atoms with Gasteiger partial charge >= 0.3 is 0 Å². The number of nitrogens with zero attached hydrogens (tertiary/aromatic N) is 1. The molecule has 0 aliphatic heterocycles. The number of rotatable bonds is 3. The van der Waals surface area contributed by atoms with Gasteiger partial charge in [0.1, 0.15) is 5.75 Å². The number of phenolic OH excluding ortho intramolecular Hbond substituents is 1. The molecule has 2 aromatic rings. The fourth-order valence-electron chi connectivity index (χ4n) is 1.88. The zero-order valence-electron chi connectivity index (χ0n) is 10.3. The van der Waals surface area contributed by atoms with Crippen LogP contribution in [0.1, 0.15) is 10.4 Å². The van der Waals surface area contributed by atoms with Gasteiger partial charge in [0, 0.05) is 13.6 Å². The first-order valence-electron chi connectivity index (χ1n) is 5.71. The van der Waals surface area contributed by atoms with Crippen LogP contribution in [0.15, 0.2) is 49.1 Å². The van der Waals surface area contributed by atoms with Gasteiger partial charge < -0.3 is 10.0 Å². The van der Waals surface area contributed by atoms with E-state index in [4.69, 9.17) is 0 Å². The van der Waals surface area contributed by atoms with Crippen LogP contribution in [-0.2, 0) is 0 Å². The molecule has 0 aliphatic rings. The van der Waals surface area contributed by atoms with Gasteiger partial charge in [0.15, 0.2) is 0 Å². The van der Waals surface area contributed by atoms with Crippen LogP contribution in [0.3, 0.4) is 0 Å². The second-order valence-electron chi connectivity index (χ2n) is 4.19. The summed E-state index contributed by atoms with van der Waals surface area (Å²) in [6, 6.07) is 10.9. The number of amides is 1. The molecule has 0 heterocycles. The summed E-state index contributed by atoms with van der Waals surface area (Å²) in [6.07, 6.45) is 1.65. The molecule has 2 rings (SSSR count). The van der Waals surface area contributed by atoms with Crippen LogP contribution in [0.25, 0.3) is 10.8 Å². The SMILES string of the molecule is C=CCN(C)C(=O)c1cc2ccccc2cc1O. The first-order chi connectivity index (χ1) is 8.63. The van der Waals surface area contributed by atoms with Crippen molar-refractivity contribution in [2.45, 2.75) is 0 Å². The molecular weight excluding hydrogens is 226 g/mol. The maximum Gasteiger partial charge on any atom is 0.257 e. The van der Waals surface area contributed by atoms with E-state index in [1.165, 1.54) is 4.90 Å². The number of likely N-dealkylation sites (N-methyl/N-ethyl adjacent to an activating group) is 1. The van der Waals surface area contributed by atoms with Crippen molar-refractivity contribution in [3.8, 4) is 5.75 Å². The number of carbonyl (C=O) groups excluding carboxylic acids is 1. The van der Waals surface area contributed by atoms with Gasteiger partial charge in [0.2, 0.25) is 0 Å². The molecule has 0 saturated heterocycles. The highest BCUT2D eigenvalue weighted by atomic mass is 16.3. The normalized spacial score (nSPS) is 10.3. The van der Waals surface area contributed by atoms with Crippen molar-refractivity contribution < 1.29 is 9.90 Å². The summed E-state index contributed by atoms with van der Waals surface area (Å²) in [5, 5.41) is 11.8. The van der Waals surface area contributed by atoms with E-state index in [1.807, 2.05) is 24.3 Å². The molecule has 0 saturated carbocycles. The average molecular weight is 241 g/mol. The van der Waals surface area contributed by atoms with Gasteiger partial charge in [-0.05, 0) is 22.9 Å². The number of phenols is 1. The highest BCUT2D eigenvalue weighted by Crippen LogP contribution is 2.25. The summed E-state index contributed by atoms with van der Waals surface area (Å²) in [5.74, 6) is -0.201. The minimum absolute atomic E-state index is 0.00890. The molecule has 0 fully saturated rings. The van der Waals surface area contributed by atoms with Crippen molar-refractivity contribution in [2.24, 2.45) is 0 Å². The Morgan fingerprint density at radius 2 is 1.94 bits per heavy atom. The topological polar surface area (TPSA) is 40.5 Å². The monoisotopic (exact) mass is 241 g/mol. The third kappa shape index (κ3) is 2.20. The van der Waals surface area contributed by atoms with Crippen molar-refractivity contribution in [1.82, 2.24) is 4.90 Å². The fourth-order valence-corrected chi connectivity index (χ4v) is 1.88. The van der Waals surface area contributed by atoms with E-state index in [9.17, 15) is 9.90 Å². The molecular formula is C15H15NO2. The lowest BCUT2D eigenvalue weighted by molar-refractivity contribution is 0.0807. The number of benzene rings is 2. The highest BCUT2D eigenvalue weighted by molar-refractivity contribution is 6.01. The Morgan fingerprint density at radius 1 is 1.33 bits per heavy atom. The molecule has 0 radical (unpaired) electrons. The molecule has 2 aromatic carbocycles. The largest absolute Gasteiger partial charge is 0.507 e. The van der Waals surface area contributed by atoms with Crippen LogP contribution >= 0.6 is 0 Å². The maximum absolute atomic E-state index is 12.1. The first kappa shape index (κ1) is 12.2. The van der Waals surface area contributed by atoms with E-state index >= 15 is 0 Å². The first-order valence-corrected chi connectivity index (χ1v) is 5.71. The van der Waals surface area contributed by atoms with Gasteiger partial charge in [-0.25, -0.2) is 0 Å². The van der Waals surface area contributed by atoms with Gasteiger partial charge in [-0.3, -0.25) is 4.79 Å². The molecule has 0 spiro atoms. The van der Waals surface area contributed by atoms with Gasteiger partial charge in [-0.15, -0.1) is 6.58 Å². The minimum atomic E-state index is -0.210. The van der Waals surface area contributed by atoms with Crippen LogP contribution in [-0.4, -0.2) is 29.5 Å². The molecule has 1 N–H and O–H groups in total. The smallest absolute Gasteiger partial charge is 0.257 e. The van der Waals surface area contributed by atoms with E-state index in [1.54, 1.807) is 25.3 Å².